The molecule has 0 amide bonds. The van der Waals surface area contributed by atoms with Crippen LogP contribution >= 0.6 is 11.8 Å². The van der Waals surface area contributed by atoms with Gasteiger partial charge in [-0.25, -0.2) is 22.2 Å². The number of benzene rings is 2. The molecular weight excluding hydrogens is 378 g/mol. The van der Waals surface area contributed by atoms with E-state index in [1.807, 2.05) is 0 Å². The number of hydrogen-bond acceptors (Lipinski definition) is 4. The summed E-state index contributed by atoms with van der Waals surface area (Å²) in [6, 6.07) is 11.0. The molecule has 0 spiro atoms. The lowest BCUT2D eigenvalue weighted by molar-refractivity contribution is 0.593. The molecule has 136 valence electrons. The second-order valence-electron chi connectivity index (χ2n) is 5.53. The number of sulfone groups is 1. The van der Waals surface area contributed by atoms with Crippen molar-refractivity contribution in [3.63, 3.8) is 0 Å². The number of aromatic nitrogens is 2. The molecule has 1 aromatic heterocycles. The monoisotopic (exact) mass is 394 g/mol. The predicted octanol–water partition coefficient (Wildman–Crippen LogP) is 4.11. The van der Waals surface area contributed by atoms with Crippen molar-refractivity contribution in [1.29, 1.82) is 0 Å². The molecule has 0 aliphatic carbocycles. The molecule has 3 aromatic rings. The lowest BCUT2D eigenvalue weighted by Crippen LogP contribution is -2.08. The molecule has 2 aromatic carbocycles. The van der Waals surface area contributed by atoms with Gasteiger partial charge in [-0.15, -0.1) is 0 Å². The molecule has 0 aliphatic rings. The van der Waals surface area contributed by atoms with Crippen molar-refractivity contribution in [3.8, 4) is 5.69 Å². The van der Waals surface area contributed by atoms with Crippen LogP contribution < -0.4 is 0 Å². The van der Waals surface area contributed by atoms with Gasteiger partial charge in [0.15, 0.2) is 15.0 Å². The van der Waals surface area contributed by atoms with Gasteiger partial charge >= 0.3 is 0 Å². The largest absolute Gasteiger partial charge is 0.295 e. The lowest BCUT2D eigenvalue weighted by atomic mass is 10.3. The van der Waals surface area contributed by atoms with Crippen LogP contribution in [-0.4, -0.2) is 29.5 Å². The second kappa shape index (κ2) is 8.01. The van der Waals surface area contributed by atoms with Crippen LogP contribution in [0.25, 0.3) is 5.69 Å². The zero-order valence-electron chi connectivity index (χ0n) is 13.7. The maximum Gasteiger partial charge on any atom is 0.178 e. The van der Waals surface area contributed by atoms with Crippen molar-refractivity contribution < 1.29 is 17.2 Å². The van der Waals surface area contributed by atoms with Gasteiger partial charge in [-0.1, -0.05) is 17.8 Å². The number of nitrogens with zero attached hydrogens (tertiary/aromatic N) is 2. The molecule has 26 heavy (non-hydrogen) atoms. The fourth-order valence-corrected chi connectivity index (χ4v) is 4.80. The molecule has 0 N–H and O–H groups in total. The Kier molecular flexibility index (Phi) is 5.73. The Morgan fingerprint density at radius 3 is 2.54 bits per heavy atom. The standard InChI is InChI=1S/C18H16F2N2O2S2/c19-14-5-7-17(8-6-14)26(23,24)12-2-11-25-18-21-9-10-22(18)16-4-1-3-15(20)13-16/h1,3-10,13H,2,11-12H2. The van der Waals surface area contributed by atoms with Crippen LogP contribution in [0.5, 0.6) is 0 Å². The van der Waals surface area contributed by atoms with Crippen LogP contribution in [0.15, 0.2) is 71.0 Å². The highest BCUT2D eigenvalue weighted by Gasteiger charge is 2.14. The number of thioether (sulfide) groups is 1. The maximum atomic E-state index is 13.4. The van der Waals surface area contributed by atoms with E-state index in [1.54, 1.807) is 29.1 Å². The molecule has 0 saturated carbocycles. The smallest absolute Gasteiger partial charge is 0.178 e. The summed E-state index contributed by atoms with van der Waals surface area (Å²) in [4.78, 5) is 4.35. The average molecular weight is 394 g/mol. The van der Waals surface area contributed by atoms with Crippen molar-refractivity contribution in [1.82, 2.24) is 9.55 Å². The summed E-state index contributed by atoms with van der Waals surface area (Å²) < 4.78 is 52.5. The molecule has 0 bridgehead atoms. The zero-order chi connectivity index (χ0) is 18.6. The first-order valence-electron chi connectivity index (χ1n) is 7.86. The molecule has 0 atom stereocenters. The van der Waals surface area contributed by atoms with Crippen LogP contribution in [0.1, 0.15) is 6.42 Å². The molecule has 0 radical (unpaired) electrons. The summed E-state index contributed by atoms with van der Waals surface area (Å²) in [6.45, 7) is 0. The van der Waals surface area contributed by atoms with Crippen LogP contribution in [0.4, 0.5) is 8.78 Å². The van der Waals surface area contributed by atoms with E-state index in [4.69, 9.17) is 0 Å². The van der Waals surface area contributed by atoms with Gasteiger partial charge in [0.1, 0.15) is 11.6 Å². The van der Waals surface area contributed by atoms with E-state index >= 15 is 0 Å². The van der Waals surface area contributed by atoms with Gasteiger partial charge in [0.25, 0.3) is 0 Å². The Hall–Kier alpha value is -2.19. The van der Waals surface area contributed by atoms with Crippen LogP contribution in [0, 0.1) is 11.6 Å². The summed E-state index contributed by atoms with van der Waals surface area (Å²) in [5, 5.41) is 0.662. The van der Waals surface area contributed by atoms with E-state index in [0.717, 1.165) is 12.1 Å². The van der Waals surface area contributed by atoms with Crippen LogP contribution in [0.2, 0.25) is 0 Å². The van der Waals surface area contributed by atoms with E-state index < -0.39 is 15.7 Å². The lowest BCUT2D eigenvalue weighted by Gasteiger charge is -2.08. The predicted molar refractivity (Wildman–Crippen MR) is 97.3 cm³/mol. The first kappa shape index (κ1) is 18.6. The maximum absolute atomic E-state index is 13.4. The van der Waals surface area contributed by atoms with Crippen molar-refractivity contribution >= 4 is 21.6 Å². The van der Waals surface area contributed by atoms with Gasteiger partial charge in [-0.2, -0.15) is 0 Å². The molecule has 1 heterocycles. The van der Waals surface area contributed by atoms with Gasteiger partial charge in [-0.3, -0.25) is 4.57 Å². The second-order valence-corrected chi connectivity index (χ2v) is 8.71. The van der Waals surface area contributed by atoms with Crippen molar-refractivity contribution in [2.75, 3.05) is 11.5 Å². The Morgan fingerprint density at radius 2 is 1.81 bits per heavy atom. The van der Waals surface area contributed by atoms with Gasteiger partial charge in [0.2, 0.25) is 0 Å². The highest BCUT2D eigenvalue weighted by molar-refractivity contribution is 7.99. The number of rotatable bonds is 7. The molecule has 3 rings (SSSR count). The van der Waals surface area contributed by atoms with Gasteiger partial charge in [-0.05, 0) is 48.9 Å². The fourth-order valence-electron chi connectivity index (χ4n) is 2.39. The SMILES string of the molecule is O=S(=O)(CCCSc1nccn1-c1cccc(F)c1)c1ccc(F)cc1. The first-order valence-corrected chi connectivity index (χ1v) is 10.5. The number of imidazole rings is 1. The third-order valence-corrected chi connectivity index (χ3v) is 6.52. The molecule has 8 heteroatoms. The molecule has 0 aliphatic heterocycles. The third kappa shape index (κ3) is 4.50. The number of hydrogen-bond donors (Lipinski definition) is 0. The quantitative estimate of drug-likeness (QED) is 0.344. The molecular formula is C18H16F2N2O2S2. The Bertz CT molecular complexity index is 986. The molecule has 4 nitrogen and oxygen atoms in total. The topological polar surface area (TPSA) is 52.0 Å². The van der Waals surface area contributed by atoms with Crippen LogP contribution in [-0.2, 0) is 9.84 Å². The molecule has 0 unspecified atom stereocenters. The minimum absolute atomic E-state index is 0.0354. The van der Waals surface area contributed by atoms with E-state index in [0.29, 0.717) is 23.0 Å². The van der Waals surface area contributed by atoms with Crippen molar-refractivity contribution in [3.05, 3.63) is 72.6 Å². The molecule has 0 saturated heterocycles. The number of halogens is 2. The Morgan fingerprint density at radius 1 is 1.04 bits per heavy atom. The van der Waals surface area contributed by atoms with Crippen molar-refractivity contribution in [2.24, 2.45) is 0 Å². The fraction of sp³-hybridized carbons (Fsp3) is 0.167. The third-order valence-electron chi connectivity index (χ3n) is 3.65. The van der Waals surface area contributed by atoms with E-state index in [1.165, 1.54) is 36.0 Å². The minimum Gasteiger partial charge on any atom is -0.295 e. The zero-order valence-corrected chi connectivity index (χ0v) is 15.3. The molecule has 0 fully saturated rings. The Labute approximate surface area is 154 Å². The average Bonchev–Trinajstić information content (AvgIpc) is 3.08. The summed E-state index contributed by atoms with van der Waals surface area (Å²) in [5.74, 6) is -0.305. The van der Waals surface area contributed by atoms with E-state index in [2.05, 4.69) is 4.98 Å². The summed E-state index contributed by atoms with van der Waals surface area (Å²) >= 11 is 1.40. The Balaban J connectivity index is 1.59. The summed E-state index contributed by atoms with van der Waals surface area (Å²) in [6.07, 6.45) is 3.76. The minimum atomic E-state index is -3.44. The van der Waals surface area contributed by atoms with E-state index in [-0.39, 0.29) is 16.5 Å². The van der Waals surface area contributed by atoms with Crippen LogP contribution in [0.3, 0.4) is 0 Å². The van der Waals surface area contributed by atoms with Gasteiger partial charge < -0.3 is 0 Å². The van der Waals surface area contributed by atoms with Gasteiger partial charge in [0, 0.05) is 18.1 Å². The summed E-state index contributed by atoms with van der Waals surface area (Å²) in [5.41, 5.74) is 0.656. The summed E-state index contributed by atoms with van der Waals surface area (Å²) in [7, 11) is -3.44. The first-order chi connectivity index (χ1) is 12.5. The van der Waals surface area contributed by atoms with E-state index in [9.17, 15) is 17.2 Å². The van der Waals surface area contributed by atoms with Crippen molar-refractivity contribution in [2.45, 2.75) is 16.5 Å². The highest BCUT2D eigenvalue weighted by atomic mass is 32.2. The van der Waals surface area contributed by atoms with Gasteiger partial charge in [0.05, 0.1) is 16.3 Å². The highest BCUT2D eigenvalue weighted by Crippen LogP contribution is 2.22. The normalized spacial score (nSPS) is 11.6.